The minimum absolute atomic E-state index is 0.0799. The van der Waals surface area contributed by atoms with Gasteiger partial charge in [0, 0.05) is 18.0 Å². The molecule has 0 spiro atoms. The van der Waals surface area contributed by atoms with Crippen LogP contribution in [0.4, 0.5) is 4.39 Å². The van der Waals surface area contributed by atoms with Gasteiger partial charge in [-0.2, -0.15) is 5.26 Å². The number of fused-ring (bicyclic) bond motifs is 2. The summed E-state index contributed by atoms with van der Waals surface area (Å²) in [6.07, 6.45) is 3.20. The Morgan fingerprint density at radius 2 is 2.03 bits per heavy atom. The van der Waals surface area contributed by atoms with Gasteiger partial charge >= 0.3 is 0 Å². The van der Waals surface area contributed by atoms with E-state index in [1.54, 1.807) is 36.4 Å². The first-order valence-electron chi connectivity index (χ1n) is 10.1. The lowest BCUT2D eigenvalue weighted by molar-refractivity contribution is -0.124. The molecule has 6 nitrogen and oxygen atoms in total. The molecule has 2 amide bonds. The third-order valence-electron chi connectivity index (χ3n) is 6.07. The first-order chi connectivity index (χ1) is 14.4. The van der Waals surface area contributed by atoms with Crippen molar-refractivity contribution in [2.45, 2.75) is 43.8 Å². The topological polar surface area (TPSA) is 108 Å². The normalized spacial score (nSPS) is 23.0. The predicted octanol–water partition coefficient (Wildman–Crippen LogP) is 2.28. The number of piperidine rings is 1. The molecule has 30 heavy (non-hydrogen) atoms. The number of halogens is 1. The lowest BCUT2D eigenvalue weighted by Crippen LogP contribution is -2.50. The summed E-state index contributed by atoms with van der Waals surface area (Å²) < 4.78 is 14.7. The molecule has 4 rings (SSSR count). The van der Waals surface area contributed by atoms with Gasteiger partial charge in [-0.3, -0.25) is 9.59 Å². The van der Waals surface area contributed by atoms with Crippen LogP contribution in [-0.2, 0) is 11.2 Å². The summed E-state index contributed by atoms with van der Waals surface area (Å²) in [6.45, 7) is 0. The minimum Gasteiger partial charge on any atom is -0.366 e. The molecule has 7 heteroatoms. The Labute approximate surface area is 174 Å². The third-order valence-corrected chi connectivity index (χ3v) is 6.07. The van der Waals surface area contributed by atoms with Crippen LogP contribution in [0.3, 0.4) is 0 Å². The van der Waals surface area contributed by atoms with Crippen LogP contribution in [0.1, 0.15) is 35.2 Å². The summed E-state index contributed by atoms with van der Waals surface area (Å²) in [4.78, 5) is 23.9. The number of carbonyl (C=O) groups is 2. The lowest BCUT2D eigenvalue weighted by Gasteiger charge is -2.23. The van der Waals surface area contributed by atoms with Gasteiger partial charge in [-0.1, -0.05) is 24.3 Å². The molecule has 2 aliphatic rings. The third kappa shape index (κ3) is 4.05. The maximum Gasteiger partial charge on any atom is 0.248 e. The van der Waals surface area contributed by atoms with E-state index in [4.69, 9.17) is 5.73 Å². The summed E-state index contributed by atoms with van der Waals surface area (Å²) in [5.74, 6) is -0.883. The fourth-order valence-corrected chi connectivity index (χ4v) is 4.51. The second kappa shape index (κ2) is 8.25. The Kier molecular flexibility index (Phi) is 5.51. The first-order valence-corrected chi connectivity index (χ1v) is 10.1. The number of nitrogens with zero attached hydrogens (tertiary/aromatic N) is 1. The lowest BCUT2D eigenvalue weighted by atomic mass is 9.97. The summed E-state index contributed by atoms with van der Waals surface area (Å²) in [5.41, 5.74) is 7.27. The maximum absolute atomic E-state index is 14.7. The second-order valence-corrected chi connectivity index (χ2v) is 8.06. The highest BCUT2D eigenvalue weighted by atomic mass is 19.1. The predicted molar refractivity (Wildman–Crippen MR) is 110 cm³/mol. The number of hydrogen-bond acceptors (Lipinski definition) is 4. The molecule has 154 valence electrons. The SMILES string of the molecule is N#CC(Cc1ccc(-c2cccc(C(N)=O)c2)cc1F)NC(=O)C1N[C@@H]2CCC1C2. The molecule has 4 atom stereocenters. The Bertz CT molecular complexity index is 1030. The molecular weight excluding hydrogens is 383 g/mol. The van der Waals surface area contributed by atoms with E-state index in [-0.39, 0.29) is 18.4 Å². The zero-order chi connectivity index (χ0) is 21.3. The van der Waals surface area contributed by atoms with Crippen LogP contribution in [-0.4, -0.2) is 29.9 Å². The van der Waals surface area contributed by atoms with Crippen molar-refractivity contribution in [1.29, 1.82) is 5.26 Å². The monoisotopic (exact) mass is 406 g/mol. The van der Waals surface area contributed by atoms with Crippen molar-refractivity contribution in [3.8, 4) is 17.2 Å². The van der Waals surface area contributed by atoms with Gasteiger partial charge in [-0.15, -0.1) is 0 Å². The van der Waals surface area contributed by atoms with Crippen LogP contribution in [0.2, 0.25) is 0 Å². The second-order valence-electron chi connectivity index (χ2n) is 8.06. The number of nitrogens with two attached hydrogens (primary N) is 1. The molecule has 4 N–H and O–H groups in total. The highest BCUT2D eigenvalue weighted by molar-refractivity contribution is 5.94. The molecule has 3 unspecified atom stereocenters. The van der Waals surface area contributed by atoms with Gasteiger partial charge in [0.2, 0.25) is 11.8 Å². The maximum atomic E-state index is 14.7. The summed E-state index contributed by atoms with van der Waals surface area (Å²) in [5, 5.41) is 15.5. The highest BCUT2D eigenvalue weighted by Crippen LogP contribution is 2.35. The minimum atomic E-state index is -0.808. The Hall–Kier alpha value is -3.24. The average Bonchev–Trinajstić information content (AvgIpc) is 3.38. The number of nitriles is 1. The van der Waals surface area contributed by atoms with Gasteiger partial charge in [-0.25, -0.2) is 4.39 Å². The number of benzene rings is 2. The molecule has 1 saturated heterocycles. The van der Waals surface area contributed by atoms with E-state index in [9.17, 15) is 19.2 Å². The Morgan fingerprint density at radius 1 is 1.23 bits per heavy atom. The molecule has 1 heterocycles. The van der Waals surface area contributed by atoms with Gasteiger partial charge < -0.3 is 16.4 Å². The first kappa shape index (κ1) is 20.0. The van der Waals surface area contributed by atoms with Crippen LogP contribution in [0.15, 0.2) is 42.5 Å². The molecule has 0 radical (unpaired) electrons. The van der Waals surface area contributed by atoms with Crippen molar-refractivity contribution in [2.24, 2.45) is 11.7 Å². The number of rotatable bonds is 6. The van der Waals surface area contributed by atoms with Crippen molar-refractivity contribution in [2.75, 3.05) is 0 Å². The van der Waals surface area contributed by atoms with Crippen LogP contribution in [0.25, 0.3) is 11.1 Å². The van der Waals surface area contributed by atoms with Gasteiger partial charge in [0.15, 0.2) is 0 Å². The van der Waals surface area contributed by atoms with Crippen LogP contribution < -0.4 is 16.4 Å². The Balaban J connectivity index is 1.45. The van der Waals surface area contributed by atoms with E-state index < -0.39 is 17.8 Å². The fourth-order valence-electron chi connectivity index (χ4n) is 4.51. The number of carbonyl (C=O) groups excluding carboxylic acids is 2. The zero-order valence-corrected chi connectivity index (χ0v) is 16.4. The number of hydrogen-bond donors (Lipinski definition) is 3. The van der Waals surface area contributed by atoms with Crippen LogP contribution in [0, 0.1) is 23.1 Å². The summed E-state index contributed by atoms with van der Waals surface area (Å²) in [6, 6.07) is 12.7. The fraction of sp³-hybridized carbons (Fsp3) is 0.348. The molecule has 2 aromatic carbocycles. The number of nitrogens with one attached hydrogen (secondary N) is 2. The average molecular weight is 406 g/mol. The number of amides is 2. The molecule has 1 aliphatic heterocycles. The quantitative estimate of drug-likeness (QED) is 0.684. The van der Waals surface area contributed by atoms with E-state index in [0.29, 0.717) is 34.2 Å². The van der Waals surface area contributed by atoms with E-state index in [1.165, 1.54) is 6.07 Å². The van der Waals surface area contributed by atoms with Gasteiger partial charge in [-0.05, 0) is 60.1 Å². The van der Waals surface area contributed by atoms with E-state index in [2.05, 4.69) is 16.7 Å². The Morgan fingerprint density at radius 3 is 2.67 bits per heavy atom. The van der Waals surface area contributed by atoms with E-state index in [1.807, 2.05) is 0 Å². The van der Waals surface area contributed by atoms with Crippen molar-refractivity contribution >= 4 is 11.8 Å². The van der Waals surface area contributed by atoms with E-state index >= 15 is 0 Å². The van der Waals surface area contributed by atoms with Gasteiger partial charge in [0.1, 0.15) is 11.9 Å². The van der Waals surface area contributed by atoms with Crippen molar-refractivity contribution in [3.05, 3.63) is 59.4 Å². The summed E-state index contributed by atoms with van der Waals surface area (Å²) in [7, 11) is 0. The van der Waals surface area contributed by atoms with Gasteiger partial charge in [0.05, 0.1) is 12.1 Å². The van der Waals surface area contributed by atoms with E-state index in [0.717, 1.165) is 19.3 Å². The van der Waals surface area contributed by atoms with Crippen LogP contribution in [0.5, 0.6) is 0 Å². The molecule has 2 aromatic rings. The standard InChI is InChI=1S/C23H23FN4O2/c24-20-11-14(13-2-1-3-17(8-13)22(26)29)4-5-15(20)9-19(12-25)28-23(30)21-16-6-7-18(10-16)27-21/h1-5,8,11,16,18-19,21,27H,6-7,9-10H2,(H2,26,29)(H,28,30)/t16?,18-,19?,21?/m1/s1. The zero-order valence-electron chi connectivity index (χ0n) is 16.4. The molecule has 0 aromatic heterocycles. The number of primary amides is 1. The smallest absolute Gasteiger partial charge is 0.248 e. The molecule has 1 saturated carbocycles. The van der Waals surface area contributed by atoms with Crippen molar-refractivity contribution in [3.63, 3.8) is 0 Å². The largest absolute Gasteiger partial charge is 0.366 e. The van der Waals surface area contributed by atoms with Crippen molar-refractivity contribution < 1.29 is 14.0 Å². The van der Waals surface area contributed by atoms with Gasteiger partial charge in [0.25, 0.3) is 0 Å². The van der Waals surface area contributed by atoms with Crippen molar-refractivity contribution in [1.82, 2.24) is 10.6 Å². The van der Waals surface area contributed by atoms with Crippen LogP contribution >= 0.6 is 0 Å². The molecule has 1 aliphatic carbocycles. The molecule has 2 bridgehead atoms. The summed E-state index contributed by atoms with van der Waals surface area (Å²) >= 11 is 0. The molecule has 2 fully saturated rings. The molecular formula is C23H23FN4O2. The highest BCUT2D eigenvalue weighted by Gasteiger charge is 2.43.